The monoisotopic (exact) mass is 247 g/mol. The predicted octanol–water partition coefficient (Wildman–Crippen LogP) is 3.79. The summed E-state index contributed by atoms with van der Waals surface area (Å²) in [7, 11) is 0. The van der Waals surface area contributed by atoms with E-state index < -0.39 is 0 Å². The average molecular weight is 247 g/mol. The Bertz CT molecular complexity index is 350. The fourth-order valence-electron chi connectivity index (χ4n) is 6.39. The van der Waals surface area contributed by atoms with Gasteiger partial charge in [0.15, 0.2) is 0 Å². The molecule has 0 aromatic carbocycles. The number of fused-ring (bicyclic) bond motifs is 2. The molecule has 1 nitrogen and oxygen atoms in total. The van der Waals surface area contributed by atoms with Crippen LogP contribution in [0.25, 0.3) is 0 Å². The Morgan fingerprint density at radius 2 is 2.00 bits per heavy atom. The van der Waals surface area contributed by atoms with Crippen LogP contribution in [0.4, 0.5) is 0 Å². The highest BCUT2D eigenvalue weighted by molar-refractivity contribution is 5.16. The van der Waals surface area contributed by atoms with Crippen molar-refractivity contribution in [3.63, 3.8) is 0 Å². The Morgan fingerprint density at radius 1 is 1.17 bits per heavy atom. The van der Waals surface area contributed by atoms with Gasteiger partial charge in [0.05, 0.1) is 0 Å². The van der Waals surface area contributed by atoms with E-state index >= 15 is 0 Å². The fraction of sp³-hybridized carbons (Fsp3) is 1.00. The lowest BCUT2D eigenvalue weighted by Gasteiger charge is -2.42. The summed E-state index contributed by atoms with van der Waals surface area (Å²) >= 11 is 0. The largest absolute Gasteiger partial charge is 0.300 e. The van der Waals surface area contributed by atoms with Crippen LogP contribution < -0.4 is 0 Å². The Hall–Kier alpha value is -0.0400. The molecule has 0 aromatic heterocycles. The topological polar surface area (TPSA) is 3.24 Å². The number of hydrogen-bond donors (Lipinski definition) is 0. The maximum absolute atomic E-state index is 2.89. The second kappa shape index (κ2) is 3.75. The van der Waals surface area contributed by atoms with Gasteiger partial charge in [0.25, 0.3) is 0 Å². The lowest BCUT2D eigenvalue weighted by atomic mass is 9.66. The molecule has 2 aliphatic heterocycles. The highest BCUT2D eigenvalue weighted by atomic mass is 15.2. The molecule has 2 aliphatic carbocycles. The average Bonchev–Trinajstić information content (AvgIpc) is 2.94. The Morgan fingerprint density at radius 3 is 2.78 bits per heavy atom. The van der Waals surface area contributed by atoms with Gasteiger partial charge < -0.3 is 0 Å². The number of piperidine rings is 1. The van der Waals surface area contributed by atoms with Gasteiger partial charge in [-0.25, -0.2) is 0 Å². The second-order valence-corrected chi connectivity index (χ2v) is 8.38. The molecule has 4 aliphatic rings. The molecule has 18 heavy (non-hydrogen) atoms. The SMILES string of the molecule is CC1CCN2CC3CC4CC3(CC4C(C)C)C2C1. The molecule has 102 valence electrons. The molecule has 0 amide bonds. The Labute approximate surface area is 112 Å². The number of hydrogen-bond acceptors (Lipinski definition) is 1. The lowest BCUT2D eigenvalue weighted by Crippen LogP contribution is -2.44. The molecular formula is C17H29N. The van der Waals surface area contributed by atoms with Gasteiger partial charge in [-0.05, 0) is 73.7 Å². The highest BCUT2D eigenvalue weighted by Gasteiger charge is 2.64. The Balaban J connectivity index is 1.63. The fourth-order valence-corrected chi connectivity index (χ4v) is 6.39. The van der Waals surface area contributed by atoms with Crippen molar-refractivity contribution >= 4 is 0 Å². The van der Waals surface area contributed by atoms with Crippen LogP contribution >= 0.6 is 0 Å². The molecule has 4 rings (SSSR count). The van der Waals surface area contributed by atoms with Crippen LogP contribution in [0.3, 0.4) is 0 Å². The van der Waals surface area contributed by atoms with Gasteiger partial charge in [0.2, 0.25) is 0 Å². The van der Waals surface area contributed by atoms with Crippen molar-refractivity contribution < 1.29 is 0 Å². The van der Waals surface area contributed by atoms with E-state index in [-0.39, 0.29) is 0 Å². The zero-order valence-corrected chi connectivity index (χ0v) is 12.4. The van der Waals surface area contributed by atoms with Crippen LogP contribution in [-0.4, -0.2) is 24.0 Å². The zero-order chi connectivity index (χ0) is 12.5. The third-order valence-electron chi connectivity index (χ3n) is 7.21. The van der Waals surface area contributed by atoms with Gasteiger partial charge in [0, 0.05) is 12.6 Å². The van der Waals surface area contributed by atoms with Crippen LogP contribution in [0.1, 0.15) is 52.9 Å². The molecule has 2 heterocycles. The van der Waals surface area contributed by atoms with E-state index in [0.29, 0.717) is 0 Å². The molecule has 2 bridgehead atoms. The van der Waals surface area contributed by atoms with Crippen LogP contribution in [-0.2, 0) is 0 Å². The summed E-state index contributed by atoms with van der Waals surface area (Å²) in [5, 5.41) is 0. The van der Waals surface area contributed by atoms with Gasteiger partial charge in [-0.2, -0.15) is 0 Å². The van der Waals surface area contributed by atoms with Crippen LogP contribution in [0.2, 0.25) is 0 Å². The maximum atomic E-state index is 2.89. The molecule has 2 saturated carbocycles. The first-order valence-corrected chi connectivity index (χ1v) is 8.34. The van der Waals surface area contributed by atoms with Crippen molar-refractivity contribution in [3.05, 3.63) is 0 Å². The molecule has 0 radical (unpaired) electrons. The van der Waals surface area contributed by atoms with E-state index in [2.05, 4.69) is 25.7 Å². The summed E-state index contributed by atoms with van der Waals surface area (Å²) in [6.07, 6.45) is 7.71. The van der Waals surface area contributed by atoms with Crippen molar-refractivity contribution in [2.75, 3.05) is 13.1 Å². The van der Waals surface area contributed by atoms with E-state index in [1.807, 2.05) is 0 Å². The minimum absolute atomic E-state index is 0.772. The van der Waals surface area contributed by atoms with E-state index in [4.69, 9.17) is 0 Å². The molecule has 6 atom stereocenters. The van der Waals surface area contributed by atoms with E-state index in [1.165, 1.54) is 25.9 Å². The summed E-state index contributed by atoms with van der Waals surface area (Å²) in [6.45, 7) is 10.3. The van der Waals surface area contributed by atoms with Gasteiger partial charge in [-0.15, -0.1) is 0 Å². The van der Waals surface area contributed by atoms with E-state index in [0.717, 1.165) is 41.0 Å². The van der Waals surface area contributed by atoms with Crippen molar-refractivity contribution in [2.45, 2.75) is 58.9 Å². The van der Waals surface area contributed by atoms with Crippen LogP contribution in [0.5, 0.6) is 0 Å². The summed E-state index contributed by atoms with van der Waals surface area (Å²) in [4.78, 5) is 2.89. The first kappa shape index (κ1) is 11.8. The van der Waals surface area contributed by atoms with Gasteiger partial charge in [-0.3, -0.25) is 4.90 Å². The van der Waals surface area contributed by atoms with Crippen molar-refractivity contribution in [1.29, 1.82) is 0 Å². The molecule has 6 unspecified atom stereocenters. The van der Waals surface area contributed by atoms with Crippen LogP contribution in [0.15, 0.2) is 0 Å². The van der Waals surface area contributed by atoms with Gasteiger partial charge >= 0.3 is 0 Å². The lowest BCUT2D eigenvalue weighted by molar-refractivity contribution is 0.0768. The smallest absolute Gasteiger partial charge is 0.0158 e. The minimum Gasteiger partial charge on any atom is -0.300 e. The van der Waals surface area contributed by atoms with Gasteiger partial charge in [0.1, 0.15) is 0 Å². The molecule has 2 saturated heterocycles. The maximum Gasteiger partial charge on any atom is 0.0158 e. The summed E-state index contributed by atoms with van der Waals surface area (Å²) in [5.41, 5.74) is 0.772. The number of rotatable bonds is 1. The number of nitrogens with zero attached hydrogens (tertiary/aromatic N) is 1. The third kappa shape index (κ3) is 1.38. The van der Waals surface area contributed by atoms with Crippen molar-refractivity contribution in [3.8, 4) is 0 Å². The van der Waals surface area contributed by atoms with Crippen molar-refractivity contribution in [1.82, 2.24) is 4.90 Å². The second-order valence-electron chi connectivity index (χ2n) is 8.38. The van der Waals surface area contributed by atoms with E-state index in [9.17, 15) is 0 Å². The molecule has 1 heteroatoms. The Kier molecular flexibility index (Phi) is 2.45. The highest BCUT2D eigenvalue weighted by Crippen LogP contribution is 2.68. The first-order valence-electron chi connectivity index (χ1n) is 8.34. The van der Waals surface area contributed by atoms with Gasteiger partial charge in [-0.1, -0.05) is 20.8 Å². The molecule has 0 aromatic rings. The van der Waals surface area contributed by atoms with Crippen molar-refractivity contribution in [2.24, 2.45) is 35.0 Å². The third-order valence-corrected chi connectivity index (χ3v) is 7.21. The quantitative estimate of drug-likeness (QED) is 0.681. The summed E-state index contributed by atoms with van der Waals surface area (Å²) in [6, 6.07) is 0.972. The zero-order valence-electron chi connectivity index (χ0n) is 12.4. The molecule has 0 N–H and O–H groups in total. The minimum atomic E-state index is 0.772. The normalized spacial score (nSPS) is 55.0. The standard InChI is InChI=1S/C17H29N/c1-11(2)15-9-17-8-13(15)7-14(17)10-18-5-4-12(3)6-16(17)18/h11-16H,4-10H2,1-3H3. The first-order chi connectivity index (χ1) is 8.60. The van der Waals surface area contributed by atoms with E-state index in [1.54, 1.807) is 19.3 Å². The molecular weight excluding hydrogens is 218 g/mol. The summed E-state index contributed by atoms with van der Waals surface area (Å²) in [5.74, 6) is 5.13. The summed E-state index contributed by atoms with van der Waals surface area (Å²) < 4.78 is 0. The molecule has 1 spiro atoms. The molecule has 4 fully saturated rings. The predicted molar refractivity (Wildman–Crippen MR) is 75.4 cm³/mol. The van der Waals surface area contributed by atoms with Crippen LogP contribution in [0, 0.1) is 35.0 Å².